The van der Waals surface area contributed by atoms with Crippen LogP contribution in [0.4, 0.5) is 0 Å². The highest BCUT2D eigenvalue weighted by Gasteiger charge is 2.12. The SMILES string of the molecule is CCOc1ccc2ccccc2c1-c1ncc[nH]1. The number of nitrogens with one attached hydrogen (secondary N) is 1. The fourth-order valence-corrected chi connectivity index (χ4v) is 2.17. The van der Waals surface area contributed by atoms with Gasteiger partial charge < -0.3 is 9.72 Å². The average Bonchev–Trinajstić information content (AvgIpc) is 2.92. The number of hydrogen-bond donors (Lipinski definition) is 1. The van der Waals surface area contributed by atoms with Crippen molar-refractivity contribution in [3.8, 4) is 17.1 Å². The molecule has 18 heavy (non-hydrogen) atoms. The van der Waals surface area contributed by atoms with Gasteiger partial charge in [0.15, 0.2) is 0 Å². The Morgan fingerprint density at radius 1 is 1.17 bits per heavy atom. The van der Waals surface area contributed by atoms with Crippen LogP contribution in [0, 0.1) is 0 Å². The normalized spacial score (nSPS) is 10.7. The van der Waals surface area contributed by atoms with Crippen molar-refractivity contribution in [3.05, 3.63) is 48.8 Å². The second-order valence-corrected chi connectivity index (χ2v) is 4.03. The van der Waals surface area contributed by atoms with E-state index in [9.17, 15) is 0 Å². The topological polar surface area (TPSA) is 37.9 Å². The first-order valence-corrected chi connectivity index (χ1v) is 6.04. The van der Waals surface area contributed by atoms with E-state index in [0.29, 0.717) is 6.61 Å². The third-order valence-electron chi connectivity index (χ3n) is 2.93. The molecule has 0 atom stereocenters. The number of benzene rings is 2. The fraction of sp³-hybridized carbons (Fsp3) is 0.133. The van der Waals surface area contributed by atoms with Crippen molar-refractivity contribution in [1.29, 1.82) is 0 Å². The Morgan fingerprint density at radius 2 is 2.06 bits per heavy atom. The summed E-state index contributed by atoms with van der Waals surface area (Å²) in [6.45, 7) is 2.63. The van der Waals surface area contributed by atoms with Gasteiger partial charge >= 0.3 is 0 Å². The minimum absolute atomic E-state index is 0.645. The van der Waals surface area contributed by atoms with Crippen LogP contribution < -0.4 is 4.74 Å². The van der Waals surface area contributed by atoms with Crippen LogP contribution in [0.15, 0.2) is 48.8 Å². The van der Waals surface area contributed by atoms with Crippen LogP contribution in [-0.2, 0) is 0 Å². The van der Waals surface area contributed by atoms with Crippen LogP contribution in [0.1, 0.15) is 6.92 Å². The molecule has 3 rings (SSSR count). The first kappa shape index (κ1) is 10.8. The van der Waals surface area contributed by atoms with Gasteiger partial charge in [-0.2, -0.15) is 0 Å². The molecule has 0 saturated carbocycles. The van der Waals surface area contributed by atoms with Crippen molar-refractivity contribution in [1.82, 2.24) is 9.97 Å². The molecular formula is C15H14N2O. The lowest BCUT2D eigenvalue weighted by molar-refractivity contribution is 0.342. The van der Waals surface area contributed by atoms with Gasteiger partial charge in [-0.3, -0.25) is 0 Å². The molecule has 3 nitrogen and oxygen atoms in total. The summed E-state index contributed by atoms with van der Waals surface area (Å²) in [7, 11) is 0. The summed E-state index contributed by atoms with van der Waals surface area (Å²) in [5.74, 6) is 1.71. The minimum atomic E-state index is 0.645. The maximum atomic E-state index is 5.71. The lowest BCUT2D eigenvalue weighted by Gasteiger charge is -2.11. The van der Waals surface area contributed by atoms with E-state index in [2.05, 4.69) is 28.2 Å². The molecule has 0 aliphatic carbocycles. The minimum Gasteiger partial charge on any atom is -0.493 e. The molecular weight excluding hydrogens is 224 g/mol. The Bertz CT molecular complexity index is 659. The number of aromatic amines is 1. The maximum absolute atomic E-state index is 5.71. The zero-order valence-corrected chi connectivity index (χ0v) is 10.2. The van der Waals surface area contributed by atoms with E-state index in [-0.39, 0.29) is 0 Å². The largest absolute Gasteiger partial charge is 0.493 e. The first-order valence-electron chi connectivity index (χ1n) is 6.04. The third-order valence-corrected chi connectivity index (χ3v) is 2.93. The second-order valence-electron chi connectivity index (χ2n) is 4.03. The summed E-state index contributed by atoms with van der Waals surface area (Å²) in [6, 6.07) is 12.3. The zero-order chi connectivity index (χ0) is 12.4. The van der Waals surface area contributed by atoms with Crippen LogP contribution >= 0.6 is 0 Å². The molecule has 1 aromatic heterocycles. The summed E-state index contributed by atoms with van der Waals surface area (Å²) in [6.07, 6.45) is 3.58. The molecule has 0 bridgehead atoms. The highest BCUT2D eigenvalue weighted by Crippen LogP contribution is 2.35. The third kappa shape index (κ3) is 1.74. The van der Waals surface area contributed by atoms with Gasteiger partial charge in [-0.15, -0.1) is 0 Å². The van der Waals surface area contributed by atoms with E-state index in [1.54, 1.807) is 6.20 Å². The lowest BCUT2D eigenvalue weighted by Crippen LogP contribution is -1.95. The summed E-state index contributed by atoms with van der Waals surface area (Å²) < 4.78 is 5.71. The quantitative estimate of drug-likeness (QED) is 0.756. The summed E-state index contributed by atoms with van der Waals surface area (Å²) in [5.41, 5.74) is 1.03. The van der Waals surface area contributed by atoms with E-state index < -0.39 is 0 Å². The summed E-state index contributed by atoms with van der Waals surface area (Å²) in [4.78, 5) is 7.50. The molecule has 0 saturated heterocycles. The lowest BCUT2D eigenvalue weighted by atomic mass is 10.0. The molecule has 0 aliphatic rings. The molecule has 1 N–H and O–H groups in total. The Balaban J connectivity index is 2.32. The molecule has 2 aromatic carbocycles. The van der Waals surface area contributed by atoms with Gasteiger partial charge in [0.25, 0.3) is 0 Å². The predicted molar refractivity (Wildman–Crippen MR) is 72.7 cm³/mol. The van der Waals surface area contributed by atoms with Gasteiger partial charge in [-0.25, -0.2) is 4.98 Å². The van der Waals surface area contributed by atoms with Crippen LogP contribution in [-0.4, -0.2) is 16.6 Å². The van der Waals surface area contributed by atoms with E-state index in [1.165, 1.54) is 5.39 Å². The molecule has 0 unspecified atom stereocenters. The van der Waals surface area contributed by atoms with E-state index >= 15 is 0 Å². The van der Waals surface area contributed by atoms with Gasteiger partial charge in [0.1, 0.15) is 11.6 Å². The standard InChI is InChI=1S/C15H14N2O/c1-2-18-13-8-7-11-5-3-4-6-12(11)14(13)15-16-9-10-17-15/h3-10H,2H2,1H3,(H,16,17). The van der Waals surface area contributed by atoms with Crippen LogP contribution in [0.2, 0.25) is 0 Å². The van der Waals surface area contributed by atoms with E-state index in [4.69, 9.17) is 4.74 Å². The van der Waals surface area contributed by atoms with Crippen LogP contribution in [0.3, 0.4) is 0 Å². The van der Waals surface area contributed by atoms with Crippen molar-refractivity contribution < 1.29 is 4.74 Å². The number of H-pyrrole nitrogens is 1. The van der Waals surface area contributed by atoms with Crippen LogP contribution in [0.25, 0.3) is 22.2 Å². The van der Waals surface area contributed by atoms with Crippen molar-refractivity contribution >= 4 is 10.8 Å². The average molecular weight is 238 g/mol. The number of imidazole rings is 1. The number of hydrogen-bond acceptors (Lipinski definition) is 2. The van der Waals surface area contributed by atoms with Gasteiger partial charge in [0, 0.05) is 12.4 Å². The Labute approximate surface area is 105 Å². The fourth-order valence-electron chi connectivity index (χ4n) is 2.17. The molecule has 90 valence electrons. The first-order chi connectivity index (χ1) is 8.90. The molecule has 0 spiro atoms. The predicted octanol–water partition coefficient (Wildman–Crippen LogP) is 3.63. The second kappa shape index (κ2) is 4.53. The monoisotopic (exact) mass is 238 g/mol. The van der Waals surface area contributed by atoms with Gasteiger partial charge in [-0.05, 0) is 23.8 Å². The molecule has 0 radical (unpaired) electrons. The number of rotatable bonds is 3. The highest BCUT2D eigenvalue weighted by molar-refractivity contribution is 5.98. The Hall–Kier alpha value is -2.29. The van der Waals surface area contributed by atoms with Crippen molar-refractivity contribution in [2.45, 2.75) is 6.92 Å². The van der Waals surface area contributed by atoms with Gasteiger partial charge in [0.2, 0.25) is 0 Å². The van der Waals surface area contributed by atoms with Crippen LogP contribution in [0.5, 0.6) is 5.75 Å². The van der Waals surface area contributed by atoms with Crippen molar-refractivity contribution in [2.75, 3.05) is 6.61 Å². The van der Waals surface area contributed by atoms with Crippen molar-refractivity contribution in [2.24, 2.45) is 0 Å². The summed E-state index contributed by atoms with van der Waals surface area (Å²) in [5, 5.41) is 2.34. The number of ether oxygens (including phenoxy) is 1. The molecule has 0 fully saturated rings. The zero-order valence-electron chi connectivity index (χ0n) is 10.2. The van der Waals surface area contributed by atoms with Gasteiger partial charge in [-0.1, -0.05) is 30.3 Å². The number of fused-ring (bicyclic) bond motifs is 1. The maximum Gasteiger partial charge on any atom is 0.141 e. The number of nitrogens with zero attached hydrogens (tertiary/aromatic N) is 1. The molecule has 3 heteroatoms. The van der Waals surface area contributed by atoms with Crippen molar-refractivity contribution in [3.63, 3.8) is 0 Å². The Kier molecular flexibility index (Phi) is 2.73. The van der Waals surface area contributed by atoms with E-state index in [1.807, 2.05) is 31.3 Å². The van der Waals surface area contributed by atoms with E-state index in [0.717, 1.165) is 22.5 Å². The van der Waals surface area contributed by atoms with Gasteiger partial charge in [0.05, 0.1) is 12.2 Å². The summed E-state index contributed by atoms with van der Waals surface area (Å²) >= 11 is 0. The molecule has 1 heterocycles. The highest BCUT2D eigenvalue weighted by atomic mass is 16.5. The molecule has 3 aromatic rings. The number of aromatic nitrogens is 2. The Morgan fingerprint density at radius 3 is 2.83 bits per heavy atom. The molecule has 0 amide bonds. The smallest absolute Gasteiger partial charge is 0.141 e. The molecule has 0 aliphatic heterocycles.